The maximum atomic E-state index is 8.00. The monoisotopic (exact) mass is 516 g/mol. The minimum Gasteiger partial charge on any atom is -0.491 e. The van der Waals surface area contributed by atoms with E-state index in [2.05, 4.69) is 38.4 Å². The fourth-order valence-corrected chi connectivity index (χ4v) is 2.64. The van der Waals surface area contributed by atoms with Crippen LogP contribution in [0, 0.1) is 6.92 Å². The van der Waals surface area contributed by atoms with Crippen LogP contribution in [0.5, 0.6) is 5.75 Å². The molecule has 200 valence electrons. The summed E-state index contributed by atoms with van der Waals surface area (Å²) in [5.41, 5.74) is 8.33. The average molecular weight is 517 g/mol. The van der Waals surface area contributed by atoms with E-state index in [1.807, 2.05) is 76.1 Å². The lowest BCUT2D eigenvalue weighted by molar-refractivity contribution is -0.0979. The van der Waals surface area contributed by atoms with Gasteiger partial charge in [-0.2, -0.15) is 0 Å². The molecule has 0 bridgehead atoms. The van der Waals surface area contributed by atoms with E-state index in [1.54, 1.807) is 13.3 Å². The Kier molecular flexibility index (Phi) is 24.5. The largest absolute Gasteiger partial charge is 0.491 e. The Hall–Kier alpha value is -3.02. The Labute approximate surface area is 220 Å². The predicted octanol–water partition coefficient (Wildman–Crippen LogP) is 6.36. The third-order valence-corrected chi connectivity index (χ3v) is 4.57. The first-order valence-electron chi connectivity index (χ1n) is 12.1. The smallest absolute Gasteiger partial charge is 0.136 e. The van der Waals surface area contributed by atoms with E-state index in [0.29, 0.717) is 13.2 Å². The van der Waals surface area contributed by atoms with Crippen molar-refractivity contribution >= 4 is 38.5 Å². The van der Waals surface area contributed by atoms with Crippen molar-refractivity contribution < 1.29 is 14.3 Å². The Morgan fingerprint density at radius 2 is 1.67 bits per heavy atom. The summed E-state index contributed by atoms with van der Waals surface area (Å²) in [7, 11) is 4.29. The summed E-state index contributed by atoms with van der Waals surface area (Å²) in [5.74, 6) is 1.69. The summed E-state index contributed by atoms with van der Waals surface area (Å²) in [6, 6.07) is 15.4. The van der Waals surface area contributed by atoms with Crippen molar-refractivity contribution in [3.05, 3.63) is 66.6 Å². The van der Waals surface area contributed by atoms with Gasteiger partial charge >= 0.3 is 0 Å². The van der Waals surface area contributed by atoms with Crippen LogP contribution in [0.3, 0.4) is 0 Å². The fourth-order valence-electron chi connectivity index (χ4n) is 2.44. The van der Waals surface area contributed by atoms with Gasteiger partial charge in [0.15, 0.2) is 0 Å². The van der Waals surface area contributed by atoms with Crippen LogP contribution in [0.25, 0.3) is 0 Å². The van der Waals surface area contributed by atoms with Gasteiger partial charge in [0.2, 0.25) is 0 Å². The van der Waals surface area contributed by atoms with E-state index in [9.17, 15) is 0 Å². The second kappa shape index (κ2) is 25.1. The molecule has 0 amide bonds. The molecule has 3 N–H and O–H groups in total. The second-order valence-electron chi connectivity index (χ2n) is 7.07. The van der Waals surface area contributed by atoms with Crippen LogP contribution in [0.4, 0.5) is 17.2 Å². The summed E-state index contributed by atoms with van der Waals surface area (Å²) in [6.45, 7) is 13.6. The van der Waals surface area contributed by atoms with Crippen LogP contribution < -0.4 is 21.1 Å². The number of anilines is 3. The molecule has 3 aromatic rings. The lowest BCUT2D eigenvalue weighted by atomic mass is 10.2. The number of benzene rings is 2. The molecule has 0 aliphatic heterocycles. The van der Waals surface area contributed by atoms with Gasteiger partial charge in [-0.05, 0) is 42.6 Å². The first-order valence-corrected chi connectivity index (χ1v) is 12.7. The van der Waals surface area contributed by atoms with Crippen molar-refractivity contribution in [2.24, 2.45) is 0 Å². The number of hydrogen-bond donors (Lipinski definition) is 2. The van der Waals surface area contributed by atoms with Crippen molar-refractivity contribution in [3.63, 3.8) is 0 Å². The summed E-state index contributed by atoms with van der Waals surface area (Å²) in [5, 5.41) is 4.34. The van der Waals surface area contributed by atoms with Crippen LogP contribution in [-0.2, 0) is 9.53 Å². The zero-order chi connectivity index (χ0) is 27.6. The summed E-state index contributed by atoms with van der Waals surface area (Å²) in [4.78, 5) is 16.1. The number of hydrogen-bond acceptors (Lipinski definition) is 7. The second-order valence-corrected chi connectivity index (χ2v) is 7.74. The van der Waals surface area contributed by atoms with Gasteiger partial charge in [0.25, 0.3) is 0 Å². The molecule has 0 saturated heterocycles. The molecule has 0 aliphatic rings. The highest BCUT2D eigenvalue weighted by Gasteiger charge is 1.99. The van der Waals surface area contributed by atoms with Crippen LogP contribution in [0.15, 0.2) is 61.1 Å². The van der Waals surface area contributed by atoms with Crippen LogP contribution in [0.1, 0.15) is 52.5 Å². The number of ether oxygens (including phenoxy) is 2. The Morgan fingerprint density at radius 1 is 1.03 bits per heavy atom. The zero-order valence-corrected chi connectivity index (χ0v) is 23.9. The Bertz CT molecular complexity index is 894. The van der Waals surface area contributed by atoms with Crippen LogP contribution >= 0.6 is 9.24 Å². The van der Waals surface area contributed by atoms with Crippen LogP contribution in [0.2, 0.25) is 0 Å². The molecular formula is C28H45N4O3P. The molecule has 1 atom stereocenters. The molecule has 0 spiro atoms. The molecule has 7 nitrogen and oxygen atoms in total. The van der Waals surface area contributed by atoms with E-state index >= 15 is 0 Å². The van der Waals surface area contributed by atoms with Crippen molar-refractivity contribution in [2.45, 2.75) is 53.9 Å². The summed E-state index contributed by atoms with van der Waals surface area (Å²) < 4.78 is 10.2. The van der Waals surface area contributed by atoms with Gasteiger partial charge in [0, 0.05) is 30.2 Å². The van der Waals surface area contributed by atoms with Crippen molar-refractivity contribution in [2.75, 3.05) is 31.4 Å². The SMILES string of the molecule is C=O.CC.CCCCC.COCCOc1ccc(P)cc1.Cc1cncnc1Nc1cccc(N)c1. The minimum absolute atomic E-state index is 0.604. The van der Waals surface area contributed by atoms with E-state index in [0.717, 1.165) is 33.8 Å². The third-order valence-electron chi connectivity index (χ3n) is 4.19. The van der Waals surface area contributed by atoms with Crippen molar-refractivity contribution in [1.82, 2.24) is 9.97 Å². The van der Waals surface area contributed by atoms with Crippen molar-refractivity contribution in [3.8, 4) is 5.75 Å². The molecule has 0 radical (unpaired) electrons. The number of carbonyl (C=O) groups excluding carboxylic acids is 1. The maximum Gasteiger partial charge on any atom is 0.136 e. The van der Waals surface area contributed by atoms with Gasteiger partial charge in [-0.25, -0.2) is 9.97 Å². The molecule has 1 heterocycles. The number of nitrogens with zero attached hydrogens (tertiary/aromatic N) is 2. The highest BCUT2D eigenvalue weighted by molar-refractivity contribution is 7.27. The number of aromatic nitrogens is 2. The molecule has 1 aromatic heterocycles. The number of unbranched alkanes of at least 4 members (excludes halogenated alkanes) is 2. The minimum atomic E-state index is 0.604. The van der Waals surface area contributed by atoms with Gasteiger partial charge in [-0.1, -0.05) is 65.2 Å². The first-order chi connectivity index (χ1) is 17.5. The molecule has 0 fully saturated rings. The highest BCUT2D eigenvalue weighted by Crippen LogP contribution is 2.18. The third kappa shape index (κ3) is 18.3. The molecule has 3 rings (SSSR count). The van der Waals surface area contributed by atoms with Gasteiger partial charge in [-0.15, -0.1) is 9.24 Å². The van der Waals surface area contributed by atoms with E-state index in [-0.39, 0.29) is 0 Å². The quantitative estimate of drug-likeness (QED) is 0.204. The number of aryl methyl sites for hydroxylation is 1. The highest BCUT2D eigenvalue weighted by atomic mass is 31.0. The van der Waals surface area contributed by atoms with Gasteiger partial charge < -0.3 is 25.3 Å². The first kappa shape index (κ1) is 35.1. The number of nitrogens with one attached hydrogen (secondary N) is 1. The topological polar surface area (TPSA) is 99.4 Å². The zero-order valence-electron chi connectivity index (χ0n) is 22.8. The lowest BCUT2D eigenvalue weighted by Gasteiger charge is -2.07. The summed E-state index contributed by atoms with van der Waals surface area (Å²) in [6.07, 6.45) is 7.36. The number of nitrogen functional groups attached to an aromatic ring is 1. The van der Waals surface area contributed by atoms with E-state index < -0.39 is 0 Å². The molecule has 36 heavy (non-hydrogen) atoms. The van der Waals surface area contributed by atoms with E-state index in [4.69, 9.17) is 20.0 Å². The fraction of sp³-hybridized carbons (Fsp3) is 0.393. The number of carbonyl (C=O) groups is 1. The molecule has 8 heteroatoms. The Balaban J connectivity index is 0. The maximum absolute atomic E-state index is 8.00. The Morgan fingerprint density at radius 3 is 2.17 bits per heavy atom. The number of nitrogens with two attached hydrogens (primary N) is 1. The van der Waals surface area contributed by atoms with E-state index in [1.165, 1.54) is 25.6 Å². The van der Waals surface area contributed by atoms with Gasteiger partial charge in [0.05, 0.1) is 6.61 Å². The molecule has 0 saturated carbocycles. The summed E-state index contributed by atoms with van der Waals surface area (Å²) >= 11 is 0. The van der Waals surface area contributed by atoms with Crippen molar-refractivity contribution in [1.29, 1.82) is 0 Å². The molecular weight excluding hydrogens is 471 g/mol. The number of rotatable bonds is 8. The predicted molar refractivity (Wildman–Crippen MR) is 158 cm³/mol. The van der Waals surface area contributed by atoms with Crippen LogP contribution in [-0.4, -0.2) is 37.1 Å². The standard InChI is InChI=1S/C11H12N4.C9H13O2P.C5H12.C2H6.CH2O/c1-8-6-13-7-14-11(8)15-10-4-2-3-9(12)5-10;1-10-6-7-11-8-2-4-9(12)5-3-8;1-3-5-4-2;2*1-2/h2-7H,12H2,1H3,(H,13,14,15);2-5H,6-7,12H2,1H3;3-5H2,1-2H3;1-2H3;1H2. The average Bonchev–Trinajstić information content (AvgIpc) is 2.90. The van der Waals surface area contributed by atoms with Gasteiger partial charge in [-0.3, -0.25) is 0 Å². The molecule has 1 unspecified atom stereocenters. The number of methoxy groups -OCH3 is 1. The molecule has 2 aromatic carbocycles. The molecule has 0 aliphatic carbocycles. The lowest BCUT2D eigenvalue weighted by Crippen LogP contribution is -2.04. The van der Waals surface area contributed by atoms with Gasteiger partial charge in [0.1, 0.15) is 31.3 Å². The normalized spacial score (nSPS) is 8.86.